The molecule has 0 amide bonds. The number of ether oxygens (including phenoxy) is 1. The summed E-state index contributed by atoms with van der Waals surface area (Å²) in [5.41, 5.74) is 8.84. The molecular formula is C11H16N3OS+. The molecule has 0 aliphatic rings. The van der Waals surface area contributed by atoms with Gasteiger partial charge in [0.1, 0.15) is 5.75 Å². The lowest BCUT2D eigenvalue weighted by Gasteiger charge is -2.10. The van der Waals surface area contributed by atoms with E-state index in [0.717, 1.165) is 11.3 Å². The van der Waals surface area contributed by atoms with Crippen LogP contribution in [0.4, 0.5) is 0 Å². The summed E-state index contributed by atoms with van der Waals surface area (Å²) in [5.74, 6) is 0.815. The molecule has 4 N–H and O–H groups in total. The molecule has 0 unspecified atom stereocenters. The van der Waals surface area contributed by atoms with Crippen LogP contribution < -0.4 is 21.0 Å². The Bertz CT molecular complexity index is 391. The van der Waals surface area contributed by atoms with Crippen LogP contribution in [0.25, 0.3) is 0 Å². The predicted octanol–water partition coefficient (Wildman–Crippen LogP) is -0.278. The van der Waals surface area contributed by atoms with Crippen molar-refractivity contribution < 1.29 is 9.84 Å². The van der Waals surface area contributed by atoms with Crippen molar-refractivity contribution in [2.24, 2.45) is 5.73 Å². The Morgan fingerprint density at radius 2 is 2.19 bits per heavy atom. The molecule has 0 heterocycles. The number of nitrogens with one attached hydrogen (secondary N) is 2. The quantitative estimate of drug-likeness (QED) is 0.384. The van der Waals surface area contributed by atoms with Gasteiger partial charge in [0, 0.05) is 0 Å². The topological polar surface area (TPSA) is 61.2 Å². The van der Waals surface area contributed by atoms with Crippen LogP contribution in [0.5, 0.6) is 5.75 Å². The van der Waals surface area contributed by atoms with Crippen molar-refractivity contribution in [1.82, 2.24) is 5.43 Å². The van der Waals surface area contributed by atoms with Gasteiger partial charge < -0.3 is 10.5 Å². The van der Waals surface area contributed by atoms with Gasteiger partial charge in [0.05, 0.1) is 11.7 Å². The van der Waals surface area contributed by atoms with Crippen LogP contribution in [0.1, 0.15) is 19.4 Å². The van der Waals surface area contributed by atoms with Crippen molar-refractivity contribution in [2.45, 2.75) is 20.0 Å². The third-order valence-electron chi connectivity index (χ3n) is 1.70. The zero-order valence-electron chi connectivity index (χ0n) is 9.36. The average Bonchev–Trinajstić information content (AvgIpc) is 2.19. The molecule has 0 atom stereocenters. The molecule has 0 aliphatic heterocycles. The maximum Gasteiger partial charge on any atom is 0.221 e. The second-order valence-electron chi connectivity index (χ2n) is 3.48. The van der Waals surface area contributed by atoms with Crippen LogP contribution in [0.2, 0.25) is 0 Å². The van der Waals surface area contributed by atoms with Gasteiger partial charge in [-0.2, -0.15) is 0 Å². The monoisotopic (exact) mass is 238 g/mol. The van der Waals surface area contributed by atoms with Crippen molar-refractivity contribution in [1.29, 1.82) is 0 Å². The maximum absolute atomic E-state index is 5.64. The Hall–Kier alpha value is -1.62. The molecule has 0 saturated carbocycles. The molecule has 0 saturated heterocycles. The summed E-state index contributed by atoms with van der Waals surface area (Å²) in [6, 6.07) is 7.71. The molecule has 5 heteroatoms. The van der Waals surface area contributed by atoms with Crippen molar-refractivity contribution in [3.8, 4) is 5.75 Å². The van der Waals surface area contributed by atoms with Gasteiger partial charge in [0.25, 0.3) is 0 Å². The van der Waals surface area contributed by atoms with Crippen molar-refractivity contribution in [3.63, 3.8) is 0 Å². The smallest absolute Gasteiger partial charge is 0.221 e. The minimum absolute atomic E-state index is 0.137. The lowest BCUT2D eigenvalue weighted by Crippen LogP contribution is -2.82. The number of hydrogen-bond donors (Lipinski definition) is 3. The Morgan fingerprint density at radius 1 is 1.50 bits per heavy atom. The van der Waals surface area contributed by atoms with E-state index in [0.29, 0.717) is 0 Å². The number of rotatable bonds is 4. The molecule has 0 spiro atoms. The molecule has 0 radical (unpaired) electrons. The first kappa shape index (κ1) is 12.4. The van der Waals surface area contributed by atoms with Crippen LogP contribution in [0.15, 0.2) is 24.3 Å². The Kier molecular flexibility index (Phi) is 4.72. The largest absolute Gasteiger partial charge is 0.490 e. The molecule has 4 nitrogen and oxygen atoms in total. The van der Waals surface area contributed by atoms with Crippen molar-refractivity contribution >= 4 is 23.5 Å². The van der Waals surface area contributed by atoms with E-state index in [1.807, 2.05) is 38.1 Å². The maximum atomic E-state index is 5.64. The van der Waals surface area contributed by atoms with E-state index in [9.17, 15) is 0 Å². The summed E-state index contributed by atoms with van der Waals surface area (Å²) in [6.07, 6.45) is 1.88. The number of nitrogens with two attached hydrogens (primary N) is 1. The van der Waals surface area contributed by atoms with Gasteiger partial charge in [-0.05, 0) is 38.2 Å². The standard InChI is InChI=1S/C11H15N3OS/c1-8(2)15-10-6-4-3-5-9(10)7-13-14-11(12)16/h3-8H,1-2H3,(H3,12,14,16)/p+1. The number of hydrazine groups is 1. The van der Waals surface area contributed by atoms with Crippen LogP contribution in [0.3, 0.4) is 0 Å². The molecule has 1 aromatic rings. The molecule has 1 rings (SSSR count). The number of benzene rings is 1. The van der Waals surface area contributed by atoms with Gasteiger partial charge in [0.2, 0.25) is 11.3 Å². The van der Waals surface area contributed by atoms with Crippen LogP contribution in [-0.4, -0.2) is 17.4 Å². The minimum Gasteiger partial charge on any atom is -0.490 e. The van der Waals surface area contributed by atoms with Gasteiger partial charge >= 0.3 is 0 Å². The Balaban J connectivity index is 2.78. The second-order valence-corrected chi connectivity index (χ2v) is 3.92. The van der Waals surface area contributed by atoms with E-state index >= 15 is 0 Å². The zero-order valence-corrected chi connectivity index (χ0v) is 10.2. The molecule has 86 valence electrons. The molecular weight excluding hydrogens is 222 g/mol. The zero-order chi connectivity index (χ0) is 12.0. The molecule has 1 aromatic carbocycles. The van der Waals surface area contributed by atoms with E-state index in [-0.39, 0.29) is 11.2 Å². The highest BCUT2D eigenvalue weighted by molar-refractivity contribution is 7.80. The lowest BCUT2D eigenvalue weighted by molar-refractivity contribution is -0.499. The number of hydrazone groups is 1. The highest BCUT2D eigenvalue weighted by atomic mass is 32.1. The van der Waals surface area contributed by atoms with Crippen LogP contribution in [0, 0.1) is 0 Å². The highest BCUT2D eigenvalue weighted by Crippen LogP contribution is 2.16. The third kappa shape index (κ3) is 4.27. The normalized spacial score (nSPS) is 10.7. The Labute approximate surface area is 100 Å². The fraction of sp³-hybridized carbons (Fsp3) is 0.273. The highest BCUT2D eigenvalue weighted by Gasteiger charge is 2.04. The summed E-state index contributed by atoms with van der Waals surface area (Å²) in [5, 5.41) is 2.99. The molecule has 0 aromatic heterocycles. The summed E-state index contributed by atoms with van der Waals surface area (Å²) in [6.45, 7) is 3.97. The van der Waals surface area contributed by atoms with Gasteiger partial charge in [-0.1, -0.05) is 12.1 Å². The number of thiocarbonyl (C=S) groups is 1. The van der Waals surface area contributed by atoms with Crippen LogP contribution >= 0.6 is 12.2 Å². The fourth-order valence-corrected chi connectivity index (χ4v) is 1.20. The fourth-order valence-electron chi connectivity index (χ4n) is 1.15. The van der Waals surface area contributed by atoms with Gasteiger partial charge in [-0.15, -0.1) is 10.5 Å². The van der Waals surface area contributed by atoms with Crippen molar-refractivity contribution in [3.05, 3.63) is 29.8 Å². The molecule has 16 heavy (non-hydrogen) atoms. The Morgan fingerprint density at radius 3 is 2.81 bits per heavy atom. The average molecular weight is 238 g/mol. The van der Waals surface area contributed by atoms with E-state index < -0.39 is 0 Å². The first-order chi connectivity index (χ1) is 7.59. The first-order valence-electron chi connectivity index (χ1n) is 4.99. The van der Waals surface area contributed by atoms with E-state index in [1.165, 1.54) is 0 Å². The summed E-state index contributed by atoms with van der Waals surface area (Å²) >= 11 is 4.67. The van der Waals surface area contributed by atoms with E-state index in [4.69, 9.17) is 10.5 Å². The van der Waals surface area contributed by atoms with Crippen LogP contribution in [-0.2, 0) is 0 Å². The van der Waals surface area contributed by atoms with E-state index in [2.05, 4.69) is 22.7 Å². The molecule has 0 bridgehead atoms. The lowest BCUT2D eigenvalue weighted by atomic mass is 10.2. The first-order valence-corrected chi connectivity index (χ1v) is 5.40. The summed E-state index contributed by atoms with van der Waals surface area (Å²) < 4.78 is 5.64. The van der Waals surface area contributed by atoms with Gasteiger partial charge in [-0.25, -0.2) is 0 Å². The second kappa shape index (κ2) is 6.07. The van der Waals surface area contributed by atoms with Crippen molar-refractivity contribution in [2.75, 3.05) is 0 Å². The van der Waals surface area contributed by atoms with Gasteiger partial charge in [0.15, 0.2) is 0 Å². The molecule has 0 aliphatic carbocycles. The van der Waals surface area contributed by atoms with Gasteiger partial charge in [-0.3, -0.25) is 0 Å². The molecule has 0 fully saturated rings. The summed E-state index contributed by atoms with van der Waals surface area (Å²) in [7, 11) is 0. The SMILES string of the molecule is CC(C)Oc1ccccc1C=[NH+]NC(N)=S. The predicted molar refractivity (Wildman–Crippen MR) is 68.3 cm³/mol. The minimum atomic E-state index is 0.137. The number of hydrogen-bond acceptors (Lipinski definition) is 2. The summed E-state index contributed by atoms with van der Waals surface area (Å²) in [4.78, 5) is 0. The third-order valence-corrected chi connectivity index (χ3v) is 1.81. The van der Waals surface area contributed by atoms with E-state index in [1.54, 1.807) is 6.21 Å². The number of para-hydroxylation sites is 1.